The molecule has 1 aliphatic rings. The molecule has 2 aromatic rings. The maximum atomic E-state index is 12.4. The van der Waals surface area contributed by atoms with E-state index in [0.29, 0.717) is 16.3 Å². The Hall–Kier alpha value is -3.48. The van der Waals surface area contributed by atoms with Crippen molar-refractivity contribution in [2.45, 2.75) is 24.2 Å². The highest BCUT2D eigenvalue weighted by Gasteiger charge is 2.33. The van der Waals surface area contributed by atoms with E-state index in [4.69, 9.17) is 4.74 Å². The summed E-state index contributed by atoms with van der Waals surface area (Å²) in [5.41, 5.74) is 2.22. The number of nitrogens with one attached hydrogen (secondary N) is 1. The molecule has 3 rings (SSSR count). The van der Waals surface area contributed by atoms with E-state index in [2.05, 4.69) is 15.0 Å². The first-order valence-electron chi connectivity index (χ1n) is 10.9. The first kappa shape index (κ1) is 26.1. The molecule has 0 bridgehead atoms. The van der Waals surface area contributed by atoms with Gasteiger partial charge >= 0.3 is 0 Å². The lowest BCUT2D eigenvalue weighted by Gasteiger charge is -2.12. The van der Waals surface area contributed by atoms with E-state index in [1.54, 1.807) is 12.1 Å². The summed E-state index contributed by atoms with van der Waals surface area (Å²) in [5, 5.41) is 8.28. The average molecular weight is 502 g/mol. The first-order chi connectivity index (χ1) is 16.7. The van der Waals surface area contributed by atoms with Gasteiger partial charge in [-0.25, -0.2) is 18.0 Å². The molecule has 0 aromatic heterocycles. The predicted molar refractivity (Wildman–Crippen MR) is 128 cm³/mol. The molecular weight excluding hydrogens is 474 g/mol. The Balaban J connectivity index is 1.42. The number of likely N-dealkylation sites (tertiary alicyclic amines) is 1. The van der Waals surface area contributed by atoms with Crippen molar-refractivity contribution in [1.29, 1.82) is 0 Å². The second-order valence-electron chi connectivity index (χ2n) is 7.88. The van der Waals surface area contributed by atoms with Crippen LogP contribution in [-0.4, -0.2) is 64.9 Å². The average Bonchev–Trinajstić information content (AvgIpc) is 3.18. The van der Waals surface area contributed by atoms with Crippen molar-refractivity contribution in [3.8, 4) is 0 Å². The van der Waals surface area contributed by atoms with Gasteiger partial charge in [0.25, 0.3) is 0 Å². The molecule has 2 aromatic carbocycles. The van der Waals surface area contributed by atoms with Crippen molar-refractivity contribution in [1.82, 2.24) is 9.62 Å². The highest BCUT2D eigenvalue weighted by Crippen LogP contribution is 2.22. The Morgan fingerprint density at radius 3 is 2.03 bits per heavy atom. The number of rotatable bonds is 11. The summed E-state index contributed by atoms with van der Waals surface area (Å²) in [6.07, 6.45) is -0.0518. The molecule has 1 fully saturated rings. The van der Waals surface area contributed by atoms with Gasteiger partial charge in [-0.2, -0.15) is 10.2 Å². The molecule has 0 radical (unpaired) electrons. The summed E-state index contributed by atoms with van der Waals surface area (Å²) in [7, 11) is 0.131. The number of ether oxygens (including phenoxy) is 1. The Bertz CT molecular complexity index is 1180. The molecule has 1 aliphatic heterocycles. The van der Waals surface area contributed by atoms with E-state index in [0.717, 1.165) is 5.69 Å². The minimum atomic E-state index is -3.76. The fraction of sp³-hybridized carbons (Fsp3) is 0.348. The lowest BCUT2D eigenvalue weighted by molar-refractivity contribution is -0.149. The maximum Gasteiger partial charge on any atom is 0.240 e. The Morgan fingerprint density at radius 2 is 1.49 bits per heavy atom. The third kappa shape index (κ3) is 7.25. The number of sulfonamides is 1. The van der Waals surface area contributed by atoms with Gasteiger partial charge in [0.1, 0.15) is 0 Å². The maximum absolute atomic E-state index is 12.4. The second kappa shape index (κ2) is 11.8. The molecule has 1 heterocycles. The number of nitrogens with zero attached hydrogens (tertiary/aromatic N) is 4. The lowest BCUT2D eigenvalue weighted by Crippen LogP contribution is -2.36. The van der Waals surface area contributed by atoms with Crippen LogP contribution in [0.1, 0.15) is 19.3 Å². The minimum absolute atomic E-state index is 0.0114. The van der Waals surface area contributed by atoms with Crippen LogP contribution in [0.2, 0.25) is 0 Å². The van der Waals surface area contributed by atoms with E-state index < -0.39 is 27.7 Å². The molecule has 1 N–H and O–H groups in total. The van der Waals surface area contributed by atoms with Gasteiger partial charge in [0, 0.05) is 39.2 Å². The molecule has 35 heavy (non-hydrogen) atoms. The summed E-state index contributed by atoms with van der Waals surface area (Å²) >= 11 is 0. The molecule has 11 nitrogen and oxygen atoms in total. The van der Waals surface area contributed by atoms with Crippen LogP contribution < -0.4 is 9.62 Å². The highest BCUT2D eigenvalue weighted by molar-refractivity contribution is 7.89. The van der Waals surface area contributed by atoms with Gasteiger partial charge in [0.05, 0.1) is 35.9 Å². The van der Waals surface area contributed by atoms with Crippen molar-refractivity contribution < 1.29 is 27.5 Å². The summed E-state index contributed by atoms with van der Waals surface area (Å²) < 4.78 is 32.5. The minimum Gasteiger partial charge on any atom is -0.380 e. The molecule has 0 atom stereocenters. The Kier molecular flexibility index (Phi) is 8.79. The lowest BCUT2D eigenvalue weighted by atomic mass is 10.3. The SMILES string of the molecule is CN(C)c1ccc(N=Nc2ccc(S(=O)(=O)NCCOCCC(=O)N3C(=O)CCC3=O)cc2)cc1. The third-order valence-electron chi connectivity index (χ3n) is 5.09. The van der Waals surface area contributed by atoms with Crippen LogP contribution in [0.15, 0.2) is 63.7 Å². The van der Waals surface area contributed by atoms with Gasteiger partial charge < -0.3 is 9.64 Å². The molecular formula is C23H27N5O6S. The van der Waals surface area contributed by atoms with Crippen LogP contribution in [0.4, 0.5) is 17.1 Å². The van der Waals surface area contributed by atoms with Gasteiger partial charge in [-0.05, 0) is 48.5 Å². The van der Waals surface area contributed by atoms with Gasteiger partial charge in [-0.1, -0.05) is 0 Å². The zero-order chi connectivity index (χ0) is 25.4. The largest absolute Gasteiger partial charge is 0.380 e. The number of benzene rings is 2. The molecule has 0 spiro atoms. The normalized spacial score (nSPS) is 14.2. The van der Waals surface area contributed by atoms with E-state index >= 15 is 0 Å². The van der Waals surface area contributed by atoms with Crippen molar-refractivity contribution in [3.05, 3.63) is 48.5 Å². The van der Waals surface area contributed by atoms with Crippen molar-refractivity contribution in [2.75, 3.05) is 38.8 Å². The van der Waals surface area contributed by atoms with Crippen LogP contribution in [0.3, 0.4) is 0 Å². The van der Waals surface area contributed by atoms with Crippen molar-refractivity contribution in [3.63, 3.8) is 0 Å². The number of hydrogen-bond acceptors (Lipinski definition) is 9. The number of carbonyl (C=O) groups is 3. The van der Waals surface area contributed by atoms with Gasteiger partial charge in [-0.3, -0.25) is 14.4 Å². The first-order valence-corrected chi connectivity index (χ1v) is 12.4. The number of carbonyl (C=O) groups excluding carboxylic acids is 3. The quantitative estimate of drug-likeness (QED) is 0.284. The molecule has 12 heteroatoms. The molecule has 1 saturated heterocycles. The monoisotopic (exact) mass is 501 g/mol. The van der Waals surface area contributed by atoms with Crippen molar-refractivity contribution in [2.24, 2.45) is 10.2 Å². The highest BCUT2D eigenvalue weighted by atomic mass is 32.2. The Morgan fingerprint density at radius 1 is 0.943 bits per heavy atom. The molecule has 0 unspecified atom stereocenters. The van der Waals surface area contributed by atoms with Crippen LogP contribution in [0.5, 0.6) is 0 Å². The standard InChI is InChI=1S/C23H27N5O6S/c1-27(2)19-7-3-17(4-8-19)25-26-18-5-9-20(10-6-18)35(32,33)24-14-16-34-15-13-23(31)28-21(29)11-12-22(28)30/h3-10,24H,11-16H2,1-2H3. The van der Waals surface area contributed by atoms with Gasteiger partial charge in [0.2, 0.25) is 27.7 Å². The van der Waals surface area contributed by atoms with Crippen molar-refractivity contribution >= 4 is 44.8 Å². The van der Waals surface area contributed by atoms with Crippen LogP contribution in [0.25, 0.3) is 0 Å². The van der Waals surface area contributed by atoms with E-state index in [1.165, 1.54) is 12.1 Å². The van der Waals surface area contributed by atoms with Crippen LogP contribution in [-0.2, 0) is 29.1 Å². The van der Waals surface area contributed by atoms with E-state index in [9.17, 15) is 22.8 Å². The number of hydrogen-bond donors (Lipinski definition) is 1. The van der Waals surface area contributed by atoms with Gasteiger partial charge in [-0.15, -0.1) is 0 Å². The summed E-state index contributed by atoms with van der Waals surface area (Å²) in [5.74, 6) is -1.61. The molecule has 186 valence electrons. The molecule has 0 aliphatic carbocycles. The zero-order valence-electron chi connectivity index (χ0n) is 19.5. The predicted octanol–water partition coefficient (Wildman–Crippen LogP) is 2.53. The Labute approximate surface area is 203 Å². The van der Waals surface area contributed by atoms with Crippen LogP contribution in [0, 0.1) is 0 Å². The third-order valence-corrected chi connectivity index (χ3v) is 6.57. The summed E-state index contributed by atoms with van der Waals surface area (Å²) in [4.78, 5) is 37.6. The van der Waals surface area contributed by atoms with E-state index in [-0.39, 0.29) is 43.9 Å². The van der Waals surface area contributed by atoms with Gasteiger partial charge in [0.15, 0.2) is 0 Å². The topological polar surface area (TPSA) is 138 Å². The van der Waals surface area contributed by atoms with E-state index in [1.807, 2.05) is 43.3 Å². The second-order valence-corrected chi connectivity index (χ2v) is 9.65. The number of azo groups is 1. The van der Waals surface area contributed by atoms with Crippen LogP contribution >= 0.6 is 0 Å². The fourth-order valence-electron chi connectivity index (χ4n) is 3.18. The number of imide groups is 3. The number of anilines is 1. The smallest absolute Gasteiger partial charge is 0.240 e. The fourth-order valence-corrected chi connectivity index (χ4v) is 4.20. The molecule has 0 saturated carbocycles. The number of amides is 3. The summed E-state index contributed by atoms with van der Waals surface area (Å²) in [6, 6.07) is 13.5. The zero-order valence-corrected chi connectivity index (χ0v) is 20.3. The molecule has 3 amide bonds. The summed E-state index contributed by atoms with van der Waals surface area (Å²) in [6.45, 7) is -0.0228.